The van der Waals surface area contributed by atoms with Crippen LogP contribution in [-0.2, 0) is 14.3 Å². The summed E-state index contributed by atoms with van der Waals surface area (Å²) in [6.45, 7) is 0. The molecule has 0 atom stereocenters. The largest absolute Gasteiger partial charge is 0.393 e. The molecule has 1 heterocycles. The maximum absolute atomic E-state index is 10.8. The maximum atomic E-state index is 10.8. The summed E-state index contributed by atoms with van der Waals surface area (Å²) < 4.78 is 4.41. The highest BCUT2D eigenvalue weighted by atomic mass is 32.2. The highest BCUT2D eigenvalue weighted by Crippen LogP contribution is 2.21. The number of rotatable bonds is 3. The molecule has 68 valence electrons. The molecule has 4 heteroatoms. The van der Waals surface area contributed by atoms with Gasteiger partial charge in [-0.1, -0.05) is 0 Å². The van der Waals surface area contributed by atoms with Crippen LogP contribution >= 0.6 is 11.8 Å². The highest BCUT2D eigenvalue weighted by molar-refractivity contribution is 7.98. The van der Waals surface area contributed by atoms with Gasteiger partial charge in [0.1, 0.15) is 0 Å². The van der Waals surface area contributed by atoms with Gasteiger partial charge in [-0.15, -0.1) is 0 Å². The van der Waals surface area contributed by atoms with E-state index < -0.39 is 0 Å². The van der Waals surface area contributed by atoms with E-state index in [1.807, 2.05) is 6.26 Å². The van der Waals surface area contributed by atoms with Crippen molar-refractivity contribution in [1.82, 2.24) is 0 Å². The summed E-state index contributed by atoms with van der Waals surface area (Å²) in [7, 11) is 0. The molecule has 3 nitrogen and oxygen atoms in total. The predicted molar refractivity (Wildman–Crippen MR) is 46.8 cm³/mol. The van der Waals surface area contributed by atoms with Crippen LogP contribution in [0.4, 0.5) is 0 Å². The Bertz CT molecular complexity index is 175. The highest BCUT2D eigenvalue weighted by Gasteiger charge is 2.26. The van der Waals surface area contributed by atoms with Crippen molar-refractivity contribution in [3.8, 4) is 0 Å². The number of hydrogen-bond donors (Lipinski definition) is 0. The lowest BCUT2D eigenvalue weighted by Gasteiger charge is -2.18. The summed E-state index contributed by atoms with van der Waals surface area (Å²) in [5.41, 5.74) is 0. The summed E-state index contributed by atoms with van der Waals surface area (Å²) in [4.78, 5) is 21.6. The first-order chi connectivity index (χ1) is 5.72. The maximum Gasteiger partial charge on any atom is 0.313 e. The molecule has 1 saturated heterocycles. The van der Waals surface area contributed by atoms with Crippen LogP contribution in [0.3, 0.4) is 0 Å². The Morgan fingerprint density at radius 2 is 2.00 bits per heavy atom. The topological polar surface area (TPSA) is 43.4 Å². The van der Waals surface area contributed by atoms with Gasteiger partial charge < -0.3 is 4.74 Å². The molecule has 1 aliphatic rings. The Kier molecular flexibility index (Phi) is 3.59. The van der Waals surface area contributed by atoms with Crippen LogP contribution < -0.4 is 0 Å². The fourth-order valence-electron chi connectivity index (χ4n) is 1.24. The number of carbonyl (C=O) groups excluding carboxylic acids is 2. The Morgan fingerprint density at radius 3 is 2.50 bits per heavy atom. The Morgan fingerprint density at radius 1 is 1.42 bits per heavy atom. The lowest BCUT2D eigenvalue weighted by Crippen LogP contribution is -2.25. The summed E-state index contributed by atoms with van der Waals surface area (Å²) in [5, 5.41) is 0. The molecule has 0 radical (unpaired) electrons. The minimum absolute atomic E-state index is 0.214. The first-order valence-electron chi connectivity index (χ1n) is 3.95. The first kappa shape index (κ1) is 9.58. The van der Waals surface area contributed by atoms with Crippen LogP contribution in [0.25, 0.3) is 0 Å². The monoisotopic (exact) mass is 188 g/mol. The lowest BCUT2D eigenvalue weighted by molar-refractivity contribution is -0.165. The van der Waals surface area contributed by atoms with Crippen LogP contribution in [0, 0.1) is 5.92 Å². The second-order valence-corrected chi connectivity index (χ2v) is 3.89. The summed E-state index contributed by atoms with van der Waals surface area (Å²) in [5.74, 6) is 0.492. The number of cyclic esters (lactones) is 2. The van der Waals surface area contributed by atoms with Gasteiger partial charge in [-0.3, -0.25) is 9.59 Å². The average molecular weight is 188 g/mol. The molecule has 0 aromatic carbocycles. The molecule has 0 spiro atoms. The molecule has 0 aromatic heterocycles. The van der Waals surface area contributed by atoms with E-state index in [1.165, 1.54) is 0 Å². The standard InChI is InChI=1S/C8H12O3S/c1-12-3-2-6-4-7(9)11-8(10)5-6/h6H,2-5H2,1H3. The molecule has 0 aromatic rings. The first-order valence-corrected chi connectivity index (χ1v) is 5.34. The fraction of sp³-hybridized carbons (Fsp3) is 0.750. The Hall–Kier alpha value is -0.510. The van der Waals surface area contributed by atoms with Crippen molar-refractivity contribution < 1.29 is 14.3 Å². The van der Waals surface area contributed by atoms with Gasteiger partial charge >= 0.3 is 11.9 Å². The molecule has 0 saturated carbocycles. The SMILES string of the molecule is CSCCC1CC(=O)OC(=O)C1. The zero-order valence-corrected chi connectivity index (χ0v) is 7.86. The van der Waals surface area contributed by atoms with E-state index in [1.54, 1.807) is 11.8 Å². The number of esters is 2. The van der Waals surface area contributed by atoms with E-state index in [4.69, 9.17) is 0 Å². The van der Waals surface area contributed by atoms with Crippen molar-refractivity contribution in [1.29, 1.82) is 0 Å². The summed E-state index contributed by atoms with van der Waals surface area (Å²) in [6, 6.07) is 0. The van der Waals surface area contributed by atoms with Gasteiger partial charge in [0.2, 0.25) is 0 Å². The van der Waals surface area contributed by atoms with Crippen molar-refractivity contribution in [2.24, 2.45) is 5.92 Å². The van der Waals surface area contributed by atoms with Gasteiger partial charge in [-0.2, -0.15) is 11.8 Å². The summed E-state index contributed by atoms with van der Waals surface area (Å²) >= 11 is 1.73. The molecule has 1 rings (SSSR count). The number of carbonyl (C=O) groups is 2. The van der Waals surface area contributed by atoms with Crippen LogP contribution in [0.15, 0.2) is 0 Å². The molecule has 0 N–H and O–H groups in total. The van der Waals surface area contributed by atoms with E-state index in [0.29, 0.717) is 12.8 Å². The van der Waals surface area contributed by atoms with Crippen LogP contribution in [-0.4, -0.2) is 23.9 Å². The van der Waals surface area contributed by atoms with Crippen molar-refractivity contribution in [3.63, 3.8) is 0 Å². The third-order valence-electron chi connectivity index (χ3n) is 1.87. The molecule has 1 fully saturated rings. The van der Waals surface area contributed by atoms with Gasteiger partial charge in [0.05, 0.1) is 0 Å². The van der Waals surface area contributed by atoms with Gasteiger partial charge in [0.25, 0.3) is 0 Å². The molecule has 0 aliphatic carbocycles. The number of thioether (sulfide) groups is 1. The second-order valence-electron chi connectivity index (χ2n) is 2.90. The van der Waals surface area contributed by atoms with Crippen LogP contribution in [0.1, 0.15) is 19.3 Å². The van der Waals surface area contributed by atoms with Crippen LogP contribution in [0.2, 0.25) is 0 Å². The molecule has 0 unspecified atom stereocenters. The van der Waals surface area contributed by atoms with Gasteiger partial charge in [0, 0.05) is 12.8 Å². The van der Waals surface area contributed by atoms with E-state index in [-0.39, 0.29) is 17.9 Å². The smallest absolute Gasteiger partial charge is 0.313 e. The lowest BCUT2D eigenvalue weighted by atomic mass is 9.97. The zero-order valence-electron chi connectivity index (χ0n) is 7.04. The molecule has 0 bridgehead atoms. The Balaban J connectivity index is 2.34. The third-order valence-corrected chi connectivity index (χ3v) is 2.51. The molecule has 1 aliphatic heterocycles. The normalized spacial score (nSPS) is 19.4. The summed E-state index contributed by atoms with van der Waals surface area (Å²) in [6.07, 6.45) is 3.77. The second kappa shape index (κ2) is 4.50. The van der Waals surface area contributed by atoms with Gasteiger partial charge in [0.15, 0.2) is 0 Å². The molecular weight excluding hydrogens is 176 g/mol. The van der Waals surface area contributed by atoms with Crippen molar-refractivity contribution in [3.05, 3.63) is 0 Å². The minimum atomic E-state index is -0.364. The molecule has 12 heavy (non-hydrogen) atoms. The quantitative estimate of drug-likeness (QED) is 0.493. The number of ether oxygens (including phenoxy) is 1. The minimum Gasteiger partial charge on any atom is -0.393 e. The fourth-order valence-corrected chi connectivity index (χ4v) is 1.81. The third kappa shape index (κ3) is 2.85. The van der Waals surface area contributed by atoms with Crippen LogP contribution in [0.5, 0.6) is 0 Å². The van der Waals surface area contributed by atoms with Gasteiger partial charge in [-0.05, 0) is 24.3 Å². The van der Waals surface area contributed by atoms with E-state index in [2.05, 4.69) is 4.74 Å². The predicted octanol–water partition coefficient (Wildman–Crippen LogP) is 1.22. The average Bonchev–Trinajstić information content (AvgIpc) is 1.99. The van der Waals surface area contributed by atoms with E-state index >= 15 is 0 Å². The van der Waals surface area contributed by atoms with E-state index in [9.17, 15) is 9.59 Å². The molecular formula is C8H12O3S. The van der Waals surface area contributed by atoms with E-state index in [0.717, 1.165) is 12.2 Å². The van der Waals surface area contributed by atoms with Crippen molar-refractivity contribution >= 4 is 23.7 Å². The van der Waals surface area contributed by atoms with Crippen molar-refractivity contribution in [2.45, 2.75) is 19.3 Å². The van der Waals surface area contributed by atoms with Gasteiger partial charge in [-0.25, -0.2) is 0 Å². The molecule has 0 amide bonds. The van der Waals surface area contributed by atoms with Crippen molar-refractivity contribution in [2.75, 3.05) is 12.0 Å². The Labute approximate surface area is 75.8 Å². The number of hydrogen-bond acceptors (Lipinski definition) is 4. The zero-order chi connectivity index (χ0) is 8.97.